The van der Waals surface area contributed by atoms with Gasteiger partial charge in [0.15, 0.2) is 0 Å². The highest BCUT2D eigenvalue weighted by Crippen LogP contribution is 2.27. The van der Waals surface area contributed by atoms with Gasteiger partial charge in [0, 0.05) is 5.92 Å². The van der Waals surface area contributed by atoms with Crippen LogP contribution in [0.2, 0.25) is 0 Å². The fourth-order valence-corrected chi connectivity index (χ4v) is 1.17. The van der Waals surface area contributed by atoms with E-state index in [2.05, 4.69) is 0 Å². The van der Waals surface area contributed by atoms with E-state index in [1.807, 2.05) is 13.8 Å². The van der Waals surface area contributed by atoms with Gasteiger partial charge in [0.2, 0.25) is 0 Å². The zero-order valence-corrected chi connectivity index (χ0v) is 5.89. The summed E-state index contributed by atoms with van der Waals surface area (Å²) in [6, 6.07) is 0. The third-order valence-electron chi connectivity index (χ3n) is 1.63. The number of carbonyl (C=O) groups excluding carboxylic acids is 1. The molecule has 0 unspecified atom stereocenters. The summed E-state index contributed by atoms with van der Waals surface area (Å²) < 4.78 is 5.31. The molecule has 0 amide bonds. The highest BCUT2D eigenvalue weighted by atomic mass is 16.5. The molecule has 0 aromatic carbocycles. The highest BCUT2D eigenvalue weighted by molar-refractivity contribution is 5.54. The van der Waals surface area contributed by atoms with Gasteiger partial charge in [-0.15, -0.1) is 0 Å². The maximum Gasteiger partial charge on any atom is 0.125 e. The zero-order valence-electron chi connectivity index (χ0n) is 5.89. The van der Waals surface area contributed by atoms with Crippen molar-refractivity contribution in [3.05, 3.63) is 0 Å². The Kier molecular flexibility index (Phi) is 1.58. The summed E-state index contributed by atoms with van der Waals surface area (Å²) in [7, 11) is 0. The number of hydrogen-bond acceptors (Lipinski definition) is 2. The Morgan fingerprint density at radius 3 is 2.56 bits per heavy atom. The van der Waals surface area contributed by atoms with Gasteiger partial charge in [0.25, 0.3) is 0 Å². The standard InChI is InChI=1S/C7H12O2/c1-7(2)3-6(4-8)5-9-7/h4,6H,3,5H2,1-2H3/t6-/m1/s1. The Balaban J connectivity index is 2.47. The Morgan fingerprint density at radius 1 is 1.67 bits per heavy atom. The fourth-order valence-electron chi connectivity index (χ4n) is 1.17. The molecular formula is C7H12O2. The second kappa shape index (κ2) is 2.10. The van der Waals surface area contributed by atoms with Crippen molar-refractivity contribution in [2.45, 2.75) is 25.9 Å². The SMILES string of the molecule is CC1(C)C[C@H](C=O)CO1. The number of rotatable bonds is 1. The second-order valence-electron chi connectivity index (χ2n) is 3.17. The topological polar surface area (TPSA) is 26.3 Å². The van der Waals surface area contributed by atoms with Crippen LogP contribution in [0.15, 0.2) is 0 Å². The van der Waals surface area contributed by atoms with Crippen LogP contribution < -0.4 is 0 Å². The lowest BCUT2D eigenvalue weighted by Gasteiger charge is -2.14. The van der Waals surface area contributed by atoms with Crippen molar-refractivity contribution in [3.63, 3.8) is 0 Å². The van der Waals surface area contributed by atoms with Gasteiger partial charge in [0.1, 0.15) is 6.29 Å². The maximum absolute atomic E-state index is 10.2. The van der Waals surface area contributed by atoms with Gasteiger partial charge >= 0.3 is 0 Å². The third-order valence-corrected chi connectivity index (χ3v) is 1.63. The van der Waals surface area contributed by atoms with Crippen LogP contribution in [0.3, 0.4) is 0 Å². The zero-order chi connectivity index (χ0) is 6.91. The minimum Gasteiger partial charge on any atom is -0.375 e. The molecular weight excluding hydrogens is 116 g/mol. The molecule has 52 valence electrons. The van der Waals surface area contributed by atoms with Crippen molar-refractivity contribution < 1.29 is 9.53 Å². The Bertz CT molecular complexity index is 118. The average Bonchev–Trinajstić information content (AvgIpc) is 2.10. The van der Waals surface area contributed by atoms with E-state index in [0.717, 1.165) is 12.7 Å². The molecule has 0 aliphatic carbocycles. The van der Waals surface area contributed by atoms with Crippen LogP contribution >= 0.6 is 0 Å². The summed E-state index contributed by atoms with van der Waals surface area (Å²) in [5.74, 6) is 0.139. The van der Waals surface area contributed by atoms with Crippen LogP contribution in [0.25, 0.3) is 0 Å². The summed E-state index contributed by atoms with van der Waals surface area (Å²) in [4.78, 5) is 10.2. The summed E-state index contributed by atoms with van der Waals surface area (Å²) in [6.45, 7) is 4.63. The van der Waals surface area contributed by atoms with Gasteiger partial charge < -0.3 is 9.53 Å². The average molecular weight is 128 g/mol. The molecule has 1 aliphatic heterocycles. The van der Waals surface area contributed by atoms with Crippen molar-refractivity contribution in [1.82, 2.24) is 0 Å². The number of hydrogen-bond donors (Lipinski definition) is 0. The number of carbonyl (C=O) groups is 1. The molecule has 9 heavy (non-hydrogen) atoms. The van der Waals surface area contributed by atoms with Crippen LogP contribution in [0, 0.1) is 5.92 Å². The maximum atomic E-state index is 10.2. The van der Waals surface area contributed by atoms with Crippen LogP contribution in [-0.4, -0.2) is 18.5 Å². The van der Waals surface area contributed by atoms with Crippen LogP contribution in [-0.2, 0) is 9.53 Å². The first-order valence-electron chi connectivity index (χ1n) is 3.23. The van der Waals surface area contributed by atoms with E-state index >= 15 is 0 Å². The van der Waals surface area contributed by atoms with Gasteiger partial charge in [-0.05, 0) is 20.3 Å². The molecule has 0 bridgehead atoms. The van der Waals surface area contributed by atoms with E-state index in [1.165, 1.54) is 0 Å². The summed E-state index contributed by atoms with van der Waals surface area (Å²) >= 11 is 0. The molecule has 0 saturated carbocycles. The second-order valence-corrected chi connectivity index (χ2v) is 3.17. The molecule has 1 heterocycles. The lowest BCUT2D eigenvalue weighted by Crippen LogP contribution is -2.16. The molecule has 2 heteroatoms. The van der Waals surface area contributed by atoms with Gasteiger partial charge in [-0.3, -0.25) is 0 Å². The largest absolute Gasteiger partial charge is 0.375 e. The summed E-state index contributed by atoms with van der Waals surface area (Å²) in [5, 5.41) is 0. The van der Waals surface area contributed by atoms with Crippen molar-refractivity contribution in [3.8, 4) is 0 Å². The third kappa shape index (κ3) is 1.52. The minimum absolute atomic E-state index is 0.0639. The van der Waals surface area contributed by atoms with E-state index in [4.69, 9.17) is 4.74 Å². The van der Waals surface area contributed by atoms with E-state index in [0.29, 0.717) is 6.61 Å². The predicted octanol–water partition coefficient (Wildman–Crippen LogP) is 1.00. The molecule has 1 saturated heterocycles. The molecule has 2 nitrogen and oxygen atoms in total. The predicted molar refractivity (Wildman–Crippen MR) is 34.2 cm³/mol. The molecule has 1 atom stereocenters. The normalized spacial score (nSPS) is 32.4. The highest BCUT2D eigenvalue weighted by Gasteiger charge is 2.31. The summed E-state index contributed by atoms with van der Waals surface area (Å²) in [5.41, 5.74) is -0.0639. The van der Waals surface area contributed by atoms with Gasteiger partial charge in [-0.2, -0.15) is 0 Å². The monoisotopic (exact) mass is 128 g/mol. The smallest absolute Gasteiger partial charge is 0.125 e. The van der Waals surface area contributed by atoms with Crippen LogP contribution in [0.4, 0.5) is 0 Å². The molecule has 0 aromatic rings. The lowest BCUT2D eigenvalue weighted by atomic mass is 9.99. The van der Waals surface area contributed by atoms with E-state index in [1.54, 1.807) is 0 Å². The molecule has 1 fully saturated rings. The first kappa shape index (κ1) is 6.75. The Hall–Kier alpha value is -0.370. The van der Waals surface area contributed by atoms with Crippen molar-refractivity contribution >= 4 is 6.29 Å². The molecule has 0 spiro atoms. The summed E-state index contributed by atoms with van der Waals surface area (Å²) in [6.07, 6.45) is 1.85. The van der Waals surface area contributed by atoms with E-state index in [-0.39, 0.29) is 11.5 Å². The molecule has 1 aliphatic rings. The van der Waals surface area contributed by atoms with Crippen molar-refractivity contribution in [2.75, 3.05) is 6.61 Å². The van der Waals surface area contributed by atoms with Gasteiger partial charge in [0.05, 0.1) is 12.2 Å². The van der Waals surface area contributed by atoms with Crippen LogP contribution in [0.1, 0.15) is 20.3 Å². The lowest BCUT2D eigenvalue weighted by molar-refractivity contribution is -0.111. The number of aldehydes is 1. The Labute approximate surface area is 55.2 Å². The Morgan fingerprint density at radius 2 is 2.33 bits per heavy atom. The minimum atomic E-state index is -0.0639. The first-order chi connectivity index (χ1) is 4.14. The molecule has 1 rings (SSSR count). The van der Waals surface area contributed by atoms with Gasteiger partial charge in [-0.1, -0.05) is 0 Å². The first-order valence-corrected chi connectivity index (χ1v) is 3.23. The number of ether oxygens (including phenoxy) is 1. The van der Waals surface area contributed by atoms with E-state index < -0.39 is 0 Å². The van der Waals surface area contributed by atoms with Gasteiger partial charge in [-0.25, -0.2) is 0 Å². The quantitative estimate of drug-likeness (QED) is 0.492. The van der Waals surface area contributed by atoms with Crippen LogP contribution in [0.5, 0.6) is 0 Å². The molecule has 0 N–H and O–H groups in total. The van der Waals surface area contributed by atoms with Crippen molar-refractivity contribution in [2.24, 2.45) is 5.92 Å². The molecule has 0 radical (unpaired) electrons. The van der Waals surface area contributed by atoms with E-state index in [9.17, 15) is 4.79 Å². The molecule has 0 aromatic heterocycles. The van der Waals surface area contributed by atoms with Crippen molar-refractivity contribution in [1.29, 1.82) is 0 Å². The fraction of sp³-hybridized carbons (Fsp3) is 0.857.